The van der Waals surface area contributed by atoms with E-state index in [9.17, 15) is 4.79 Å². The van der Waals surface area contributed by atoms with Crippen molar-refractivity contribution in [3.63, 3.8) is 0 Å². The number of rotatable bonds is 2. The predicted molar refractivity (Wildman–Crippen MR) is 47.5 cm³/mol. The summed E-state index contributed by atoms with van der Waals surface area (Å²) in [5.74, 6) is -0.741. The SMILES string of the molecule is Cc1cccnc1C1(C(=O)O)CC1. The highest BCUT2D eigenvalue weighted by atomic mass is 16.4. The van der Waals surface area contributed by atoms with Gasteiger partial charge in [0.2, 0.25) is 0 Å². The fourth-order valence-electron chi connectivity index (χ4n) is 1.66. The summed E-state index contributed by atoms with van der Waals surface area (Å²) in [4.78, 5) is 15.1. The van der Waals surface area contributed by atoms with Crippen molar-refractivity contribution < 1.29 is 9.90 Å². The second-order valence-electron chi connectivity index (χ2n) is 3.56. The van der Waals surface area contributed by atoms with Crippen LogP contribution in [0.1, 0.15) is 24.1 Å². The highest BCUT2D eigenvalue weighted by Gasteiger charge is 2.53. The second-order valence-corrected chi connectivity index (χ2v) is 3.56. The first-order valence-electron chi connectivity index (χ1n) is 4.32. The summed E-state index contributed by atoms with van der Waals surface area (Å²) < 4.78 is 0. The van der Waals surface area contributed by atoms with Crippen molar-refractivity contribution in [2.75, 3.05) is 0 Å². The van der Waals surface area contributed by atoms with Gasteiger partial charge in [0.1, 0.15) is 5.41 Å². The molecule has 1 saturated carbocycles. The van der Waals surface area contributed by atoms with Gasteiger partial charge in [0.25, 0.3) is 0 Å². The van der Waals surface area contributed by atoms with Crippen molar-refractivity contribution in [2.24, 2.45) is 0 Å². The Morgan fingerprint density at radius 3 is 2.77 bits per heavy atom. The molecule has 68 valence electrons. The summed E-state index contributed by atoms with van der Waals surface area (Å²) in [6.07, 6.45) is 3.10. The van der Waals surface area contributed by atoms with E-state index in [2.05, 4.69) is 4.98 Å². The topological polar surface area (TPSA) is 50.2 Å². The molecule has 0 aromatic carbocycles. The van der Waals surface area contributed by atoms with Crippen molar-refractivity contribution >= 4 is 5.97 Å². The molecule has 1 aromatic rings. The lowest BCUT2D eigenvalue weighted by molar-refractivity contribution is -0.140. The van der Waals surface area contributed by atoms with Crippen LogP contribution in [0.4, 0.5) is 0 Å². The first-order valence-corrected chi connectivity index (χ1v) is 4.32. The number of aliphatic carboxylic acids is 1. The van der Waals surface area contributed by atoms with Gasteiger partial charge in [-0.2, -0.15) is 0 Å². The van der Waals surface area contributed by atoms with Crippen molar-refractivity contribution in [3.05, 3.63) is 29.6 Å². The highest BCUT2D eigenvalue weighted by molar-refractivity contribution is 5.84. The molecular weight excluding hydrogens is 166 g/mol. The Morgan fingerprint density at radius 1 is 1.62 bits per heavy atom. The molecule has 1 N–H and O–H groups in total. The molecule has 13 heavy (non-hydrogen) atoms. The van der Waals surface area contributed by atoms with Gasteiger partial charge in [0.05, 0.1) is 5.69 Å². The maximum Gasteiger partial charge on any atom is 0.315 e. The van der Waals surface area contributed by atoms with Crippen LogP contribution >= 0.6 is 0 Å². The Balaban J connectivity index is 2.47. The molecule has 3 nitrogen and oxygen atoms in total. The molecule has 0 bridgehead atoms. The largest absolute Gasteiger partial charge is 0.481 e. The summed E-state index contributed by atoms with van der Waals surface area (Å²) in [6.45, 7) is 1.91. The minimum Gasteiger partial charge on any atom is -0.481 e. The van der Waals surface area contributed by atoms with Crippen LogP contribution in [0.15, 0.2) is 18.3 Å². The van der Waals surface area contributed by atoms with Gasteiger partial charge in [-0.1, -0.05) is 6.07 Å². The van der Waals surface area contributed by atoms with E-state index in [4.69, 9.17) is 5.11 Å². The van der Waals surface area contributed by atoms with Crippen LogP contribution in [0.3, 0.4) is 0 Å². The third kappa shape index (κ3) is 1.11. The molecule has 0 atom stereocenters. The third-order valence-electron chi connectivity index (χ3n) is 2.62. The molecule has 2 rings (SSSR count). The van der Waals surface area contributed by atoms with Crippen molar-refractivity contribution in [2.45, 2.75) is 25.2 Å². The zero-order valence-electron chi connectivity index (χ0n) is 7.45. The van der Waals surface area contributed by atoms with Crippen LogP contribution in [0.2, 0.25) is 0 Å². The lowest BCUT2D eigenvalue weighted by Gasteiger charge is -2.10. The monoisotopic (exact) mass is 177 g/mol. The second kappa shape index (κ2) is 2.55. The van der Waals surface area contributed by atoms with Crippen LogP contribution in [-0.2, 0) is 10.2 Å². The van der Waals surface area contributed by atoms with Gasteiger partial charge in [0.15, 0.2) is 0 Å². The molecule has 1 heterocycles. The summed E-state index contributed by atoms with van der Waals surface area (Å²) in [6, 6.07) is 3.74. The van der Waals surface area contributed by atoms with Gasteiger partial charge in [-0.05, 0) is 31.4 Å². The third-order valence-corrected chi connectivity index (χ3v) is 2.62. The van der Waals surface area contributed by atoms with Gasteiger partial charge in [-0.3, -0.25) is 9.78 Å². The normalized spacial score (nSPS) is 18.2. The number of nitrogens with zero attached hydrogens (tertiary/aromatic N) is 1. The lowest BCUT2D eigenvalue weighted by Crippen LogP contribution is -2.21. The zero-order chi connectivity index (χ0) is 9.47. The molecule has 1 aromatic heterocycles. The summed E-state index contributed by atoms with van der Waals surface area (Å²) >= 11 is 0. The van der Waals surface area contributed by atoms with Crippen LogP contribution in [0.5, 0.6) is 0 Å². The van der Waals surface area contributed by atoms with E-state index in [0.717, 1.165) is 24.1 Å². The fourth-order valence-corrected chi connectivity index (χ4v) is 1.66. The quantitative estimate of drug-likeness (QED) is 0.744. The molecule has 0 saturated heterocycles. The van der Waals surface area contributed by atoms with Gasteiger partial charge in [-0.25, -0.2) is 0 Å². The Morgan fingerprint density at radius 2 is 2.31 bits per heavy atom. The Bertz CT molecular complexity index is 356. The number of carboxylic acid groups (broad SMARTS) is 1. The van der Waals surface area contributed by atoms with E-state index in [1.54, 1.807) is 6.20 Å². The molecule has 0 radical (unpaired) electrons. The van der Waals surface area contributed by atoms with Crippen LogP contribution in [0, 0.1) is 6.92 Å². The Hall–Kier alpha value is -1.38. The maximum atomic E-state index is 11.0. The van der Waals surface area contributed by atoms with E-state index in [-0.39, 0.29) is 0 Å². The molecule has 1 fully saturated rings. The first-order chi connectivity index (χ1) is 6.17. The smallest absolute Gasteiger partial charge is 0.315 e. The summed E-state index contributed by atoms with van der Waals surface area (Å²) in [5.41, 5.74) is 1.05. The van der Waals surface area contributed by atoms with Crippen LogP contribution in [0.25, 0.3) is 0 Å². The van der Waals surface area contributed by atoms with E-state index in [0.29, 0.717) is 0 Å². The molecule has 1 aliphatic rings. The first kappa shape index (κ1) is 8.23. The molecule has 1 aliphatic carbocycles. The molecule has 0 amide bonds. The maximum absolute atomic E-state index is 11.0. The molecule has 0 spiro atoms. The van der Waals surface area contributed by atoms with Gasteiger partial charge in [0, 0.05) is 6.20 Å². The molecule has 0 aliphatic heterocycles. The van der Waals surface area contributed by atoms with Gasteiger partial charge in [-0.15, -0.1) is 0 Å². The standard InChI is InChI=1S/C10H11NO2/c1-7-3-2-6-11-8(7)10(4-5-10)9(12)13/h2-3,6H,4-5H2,1H3,(H,12,13). The van der Waals surface area contributed by atoms with Crippen molar-refractivity contribution in [1.82, 2.24) is 4.98 Å². The summed E-state index contributed by atoms with van der Waals surface area (Å²) in [7, 11) is 0. The van der Waals surface area contributed by atoms with Gasteiger partial charge < -0.3 is 5.11 Å². The number of hydrogen-bond acceptors (Lipinski definition) is 2. The average Bonchev–Trinajstić information content (AvgIpc) is 2.85. The number of hydrogen-bond donors (Lipinski definition) is 1. The van der Waals surface area contributed by atoms with E-state index in [1.807, 2.05) is 19.1 Å². The number of carboxylic acids is 1. The van der Waals surface area contributed by atoms with Gasteiger partial charge >= 0.3 is 5.97 Å². The lowest BCUT2D eigenvalue weighted by atomic mass is 9.98. The minimum atomic E-state index is -0.741. The van der Waals surface area contributed by atoms with Crippen LogP contribution < -0.4 is 0 Å². The molecule has 0 unspecified atom stereocenters. The Labute approximate surface area is 76.4 Å². The zero-order valence-corrected chi connectivity index (χ0v) is 7.45. The Kier molecular flexibility index (Phi) is 1.62. The predicted octanol–water partition coefficient (Wildman–Crippen LogP) is 1.51. The number of aromatic nitrogens is 1. The number of carbonyl (C=O) groups is 1. The van der Waals surface area contributed by atoms with Crippen LogP contribution in [-0.4, -0.2) is 16.1 Å². The van der Waals surface area contributed by atoms with E-state index in [1.165, 1.54) is 0 Å². The van der Waals surface area contributed by atoms with E-state index < -0.39 is 11.4 Å². The van der Waals surface area contributed by atoms with E-state index >= 15 is 0 Å². The molecular formula is C10H11NO2. The molecule has 3 heteroatoms. The summed E-state index contributed by atoms with van der Waals surface area (Å²) in [5, 5.41) is 9.04. The minimum absolute atomic E-state index is 0.661. The number of aryl methyl sites for hydroxylation is 1. The number of pyridine rings is 1. The fraction of sp³-hybridized carbons (Fsp3) is 0.400. The van der Waals surface area contributed by atoms with Crippen molar-refractivity contribution in [1.29, 1.82) is 0 Å². The van der Waals surface area contributed by atoms with Crippen molar-refractivity contribution in [3.8, 4) is 0 Å². The average molecular weight is 177 g/mol. The highest BCUT2D eigenvalue weighted by Crippen LogP contribution is 2.48.